The molecule has 0 aliphatic carbocycles. The molecule has 1 N–H and O–H groups in total. The molecule has 3 nitrogen and oxygen atoms in total. The summed E-state index contributed by atoms with van der Waals surface area (Å²) in [4.78, 5) is 2.30. The van der Waals surface area contributed by atoms with Crippen LogP contribution in [0.5, 0.6) is 0 Å². The predicted molar refractivity (Wildman–Crippen MR) is 54.9 cm³/mol. The maximum atomic E-state index is 5.60. The largest absolute Gasteiger partial charge is 0.374 e. The van der Waals surface area contributed by atoms with Gasteiger partial charge in [-0.1, -0.05) is 6.08 Å². The molecule has 0 aromatic heterocycles. The second-order valence-corrected chi connectivity index (χ2v) is 3.69. The zero-order valence-electron chi connectivity index (χ0n) is 8.62. The molecule has 1 aliphatic heterocycles. The van der Waals surface area contributed by atoms with E-state index < -0.39 is 0 Å². The van der Waals surface area contributed by atoms with Crippen LogP contribution in [0, 0.1) is 0 Å². The Morgan fingerprint density at radius 2 is 2.54 bits per heavy atom. The molecule has 0 spiro atoms. The van der Waals surface area contributed by atoms with E-state index in [1.165, 1.54) is 0 Å². The first-order valence-corrected chi connectivity index (χ1v) is 4.88. The molecule has 1 fully saturated rings. The van der Waals surface area contributed by atoms with E-state index >= 15 is 0 Å². The molecule has 2 atom stereocenters. The molecule has 76 valence electrons. The van der Waals surface area contributed by atoms with Crippen molar-refractivity contribution in [3.63, 3.8) is 0 Å². The predicted octanol–water partition coefficient (Wildman–Crippen LogP) is 0.481. The van der Waals surface area contributed by atoms with E-state index in [1.54, 1.807) is 0 Å². The maximum Gasteiger partial charge on any atom is 0.0826 e. The van der Waals surface area contributed by atoms with Crippen molar-refractivity contribution in [2.75, 3.05) is 33.3 Å². The van der Waals surface area contributed by atoms with Gasteiger partial charge in [-0.3, -0.25) is 0 Å². The van der Waals surface area contributed by atoms with Crippen LogP contribution in [-0.4, -0.2) is 50.3 Å². The van der Waals surface area contributed by atoms with E-state index in [0.29, 0.717) is 12.1 Å². The first-order chi connectivity index (χ1) is 6.22. The summed E-state index contributed by atoms with van der Waals surface area (Å²) in [6, 6.07) is 0.371. The summed E-state index contributed by atoms with van der Waals surface area (Å²) in [5.74, 6) is 0. The van der Waals surface area contributed by atoms with Crippen LogP contribution in [0.15, 0.2) is 12.7 Å². The van der Waals surface area contributed by atoms with E-state index in [2.05, 4.69) is 30.8 Å². The average Bonchev–Trinajstić information content (AvgIpc) is 2.14. The highest BCUT2D eigenvalue weighted by Crippen LogP contribution is 2.01. The molecule has 0 radical (unpaired) electrons. The highest BCUT2D eigenvalue weighted by atomic mass is 16.5. The van der Waals surface area contributed by atoms with E-state index in [4.69, 9.17) is 4.74 Å². The standard InChI is InChI=1S/C10H20N2O/c1-4-9(2)11-7-10-8-12(3)5-6-13-10/h4,9-11H,1,5-8H2,2-3H3. The van der Waals surface area contributed by atoms with Crippen molar-refractivity contribution in [2.24, 2.45) is 0 Å². The maximum absolute atomic E-state index is 5.60. The van der Waals surface area contributed by atoms with Crippen molar-refractivity contribution in [3.8, 4) is 0 Å². The topological polar surface area (TPSA) is 24.5 Å². The Balaban J connectivity index is 2.16. The molecule has 13 heavy (non-hydrogen) atoms. The summed E-state index contributed by atoms with van der Waals surface area (Å²) >= 11 is 0. The molecule has 1 saturated heterocycles. The minimum atomic E-state index is 0.334. The Morgan fingerprint density at radius 3 is 3.15 bits per heavy atom. The summed E-state index contributed by atoms with van der Waals surface area (Å²) < 4.78 is 5.60. The van der Waals surface area contributed by atoms with Crippen molar-refractivity contribution in [1.29, 1.82) is 0 Å². The number of ether oxygens (including phenoxy) is 1. The Morgan fingerprint density at radius 1 is 1.77 bits per heavy atom. The number of rotatable bonds is 4. The van der Waals surface area contributed by atoms with Gasteiger partial charge in [0.1, 0.15) is 0 Å². The zero-order chi connectivity index (χ0) is 9.68. The van der Waals surface area contributed by atoms with Gasteiger partial charge in [-0.2, -0.15) is 0 Å². The van der Waals surface area contributed by atoms with Crippen LogP contribution in [0.3, 0.4) is 0 Å². The smallest absolute Gasteiger partial charge is 0.0826 e. The van der Waals surface area contributed by atoms with Crippen LogP contribution in [0.4, 0.5) is 0 Å². The van der Waals surface area contributed by atoms with Gasteiger partial charge >= 0.3 is 0 Å². The van der Waals surface area contributed by atoms with Gasteiger partial charge in [0.25, 0.3) is 0 Å². The van der Waals surface area contributed by atoms with Crippen molar-refractivity contribution in [3.05, 3.63) is 12.7 Å². The second kappa shape index (κ2) is 5.37. The molecular weight excluding hydrogens is 164 g/mol. The molecule has 1 rings (SSSR count). The van der Waals surface area contributed by atoms with Crippen LogP contribution in [0.1, 0.15) is 6.92 Å². The molecule has 2 unspecified atom stereocenters. The van der Waals surface area contributed by atoms with Gasteiger partial charge in [-0.25, -0.2) is 0 Å². The normalized spacial score (nSPS) is 27.1. The van der Waals surface area contributed by atoms with Gasteiger partial charge in [-0.05, 0) is 14.0 Å². The fourth-order valence-corrected chi connectivity index (χ4v) is 1.39. The van der Waals surface area contributed by atoms with Crippen molar-refractivity contribution in [2.45, 2.75) is 19.1 Å². The van der Waals surface area contributed by atoms with E-state index in [1.807, 2.05) is 6.08 Å². The molecule has 1 aliphatic rings. The number of nitrogens with one attached hydrogen (secondary N) is 1. The molecule has 1 heterocycles. The highest BCUT2D eigenvalue weighted by Gasteiger charge is 2.17. The number of likely N-dealkylation sites (N-methyl/N-ethyl adjacent to an activating group) is 1. The van der Waals surface area contributed by atoms with Crippen LogP contribution in [0.25, 0.3) is 0 Å². The zero-order valence-corrected chi connectivity index (χ0v) is 8.62. The summed E-state index contributed by atoms with van der Waals surface area (Å²) in [5, 5.41) is 3.35. The van der Waals surface area contributed by atoms with Crippen molar-refractivity contribution < 1.29 is 4.74 Å². The molecule has 0 aromatic rings. The van der Waals surface area contributed by atoms with E-state index in [9.17, 15) is 0 Å². The molecular formula is C10H20N2O. The lowest BCUT2D eigenvalue weighted by molar-refractivity contribution is -0.0185. The van der Waals surface area contributed by atoms with Gasteiger partial charge in [-0.15, -0.1) is 6.58 Å². The Hall–Kier alpha value is -0.380. The molecule has 0 aromatic carbocycles. The Kier molecular flexibility index (Phi) is 4.42. The molecule has 3 heteroatoms. The van der Waals surface area contributed by atoms with Gasteiger partial charge < -0.3 is 15.0 Å². The average molecular weight is 184 g/mol. The minimum absolute atomic E-state index is 0.334. The van der Waals surface area contributed by atoms with Crippen molar-refractivity contribution >= 4 is 0 Å². The quantitative estimate of drug-likeness (QED) is 0.643. The lowest BCUT2D eigenvalue weighted by atomic mass is 10.2. The highest BCUT2D eigenvalue weighted by molar-refractivity contribution is 4.83. The summed E-state index contributed by atoms with van der Waals surface area (Å²) in [6.45, 7) is 9.66. The molecule has 0 saturated carbocycles. The summed E-state index contributed by atoms with van der Waals surface area (Å²) in [7, 11) is 2.13. The van der Waals surface area contributed by atoms with Crippen LogP contribution in [-0.2, 0) is 4.74 Å². The van der Waals surface area contributed by atoms with E-state index in [0.717, 1.165) is 26.2 Å². The number of hydrogen-bond acceptors (Lipinski definition) is 3. The SMILES string of the molecule is C=CC(C)NCC1CN(C)CCO1. The number of nitrogens with zero attached hydrogens (tertiary/aromatic N) is 1. The van der Waals surface area contributed by atoms with Crippen LogP contribution in [0.2, 0.25) is 0 Å². The third-order valence-electron chi connectivity index (χ3n) is 2.36. The monoisotopic (exact) mass is 184 g/mol. The van der Waals surface area contributed by atoms with Gasteiger partial charge in [0.05, 0.1) is 12.7 Å². The third kappa shape index (κ3) is 3.89. The van der Waals surface area contributed by atoms with Crippen LogP contribution < -0.4 is 5.32 Å². The third-order valence-corrected chi connectivity index (χ3v) is 2.36. The van der Waals surface area contributed by atoms with Gasteiger partial charge in [0.2, 0.25) is 0 Å². The lowest BCUT2D eigenvalue weighted by Crippen LogP contribution is -2.46. The molecule has 0 amide bonds. The molecule has 0 bridgehead atoms. The lowest BCUT2D eigenvalue weighted by Gasteiger charge is -2.30. The number of hydrogen-bond donors (Lipinski definition) is 1. The number of morpholine rings is 1. The summed E-state index contributed by atoms with van der Waals surface area (Å²) in [6.07, 6.45) is 2.24. The van der Waals surface area contributed by atoms with Crippen molar-refractivity contribution in [1.82, 2.24) is 10.2 Å². The fraction of sp³-hybridized carbons (Fsp3) is 0.800. The second-order valence-electron chi connectivity index (χ2n) is 3.69. The Bertz CT molecular complexity index is 161. The Labute approximate surface area is 80.8 Å². The first kappa shape index (κ1) is 10.7. The van der Waals surface area contributed by atoms with Crippen LogP contribution >= 0.6 is 0 Å². The van der Waals surface area contributed by atoms with Gasteiger partial charge in [0, 0.05) is 25.7 Å². The summed E-state index contributed by atoms with van der Waals surface area (Å²) in [5.41, 5.74) is 0. The minimum Gasteiger partial charge on any atom is -0.374 e. The first-order valence-electron chi connectivity index (χ1n) is 4.88. The van der Waals surface area contributed by atoms with Gasteiger partial charge in [0.15, 0.2) is 0 Å². The van der Waals surface area contributed by atoms with E-state index in [-0.39, 0.29) is 0 Å². The fourth-order valence-electron chi connectivity index (χ4n) is 1.39.